The lowest BCUT2D eigenvalue weighted by molar-refractivity contribution is 0.0597. The Labute approximate surface area is 128 Å². The van der Waals surface area contributed by atoms with Crippen molar-refractivity contribution in [1.82, 2.24) is 0 Å². The van der Waals surface area contributed by atoms with Gasteiger partial charge in [0.15, 0.2) is 0 Å². The first-order valence-electron chi connectivity index (χ1n) is 6.51. The molecule has 0 aliphatic carbocycles. The van der Waals surface area contributed by atoms with Crippen molar-refractivity contribution in [2.45, 2.75) is 0 Å². The van der Waals surface area contributed by atoms with Crippen LogP contribution < -0.4 is 4.74 Å². The van der Waals surface area contributed by atoms with Gasteiger partial charge in [-0.15, -0.1) is 0 Å². The fraction of sp³-hybridized carbons (Fsp3) is 0.118. The van der Waals surface area contributed by atoms with E-state index in [1.165, 1.54) is 20.3 Å². The molecule has 0 aliphatic rings. The first-order valence-corrected chi connectivity index (χ1v) is 6.51. The Morgan fingerprint density at radius 2 is 1.86 bits per heavy atom. The van der Waals surface area contributed by atoms with Crippen LogP contribution >= 0.6 is 0 Å². The maximum Gasteiger partial charge on any atom is 0.342 e. The molecule has 5 nitrogen and oxygen atoms in total. The second kappa shape index (κ2) is 6.67. The second-order valence-electron chi connectivity index (χ2n) is 4.53. The van der Waals surface area contributed by atoms with E-state index >= 15 is 0 Å². The van der Waals surface area contributed by atoms with Crippen molar-refractivity contribution in [2.75, 3.05) is 14.2 Å². The second-order valence-corrected chi connectivity index (χ2v) is 4.53. The predicted molar refractivity (Wildman–Crippen MR) is 83.0 cm³/mol. The van der Waals surface area contributed by atoms with Gasteiger partial charge in [-0.25, -0.2) is 4.79 Å². The van der Waals surface area contributed by atoms with Crippen molar-refractivity contribution in [3.8, 4) is 17.2 Å². The Hall–Kier alpha value is -2.95. The number of aromatic hydroxyl groups is 2. The highest BCUT2D eigenvalue weighted by atomic mass is 16.5. The van der Waals surface area contributed by atoms with E-state index in [9.17, 15) is 15.0 Å². The zero-order valence-corrected chi connectivity index (χ0v) is 12.2. The van der Waals surface area contributed by atoms with Crippen LogP contribution in [-0.2, 0) is 4.74 Å². The first-order chi connectivity index (χ1) is 10.5. The molecule has 0 aromatic heterocycles. The molecule has 0 amide bonds. The van der Waals surface area contributed by atoms with Crippen molar-refractivity contribution >= 4 is 18.1 Å². The topological polar surface area (TPSA) is 76.0 Å². The van der Waals surface area contributed by atoms with Crippen molar-refractivity contribution < 1.29 is 24.5 Å². The summed E-state index contributed by atoms with van der Waals surface area (Å²) >= 11 is 0. The highest BCUT2D eigenvalue weighted by molar-refractivity contribution is 5.98. The molecule has 0 heterocycles. The third-order valence-corrected chi connectivity index (χ3v) is 3.07. The Bertz CT molecular complexity index is 719. The molecule has 5 heteroatoms. The molecule has 0 saturated heterocycles. The van der Waals surface area contributed by atoms with Gasteiger partial charge >= 0.3 is 5.97 Å². The standard InChI is InChI=1S/C17H16O5/c1-21-14-9-12(16(15(19)10-14)17(20)22-2)7-6-11-4-3-5-13(18)8-11/h3-10,18-19H,1-2H3. The van der Waals surface area contributed by atoms with Crippen LogP contribution in [0.2, 0.25) is 0 Å². The van der Waals surface area contributed by atoms with Crippen molar-refractivity contribution in [1.29, 1.82) is 0 Å². The van der Waals surface area contributed by atoms with Crippen LogP contribution in [0.4, 0.5) is 0 Å². The largest absolute Gasteiger partial charge is 0.508 e. The molecular formula is C17H16O5. The van der Waals surface area contributed by atoms with Crippen molar-refractivity contribution in [3.05, 3.63) is 53.1 Å². The van der Waals surface area contributed by atoms with Gasteiger partial charge in [-0.1, -0.05) is 24.3 Å². The third-order valence-electron chi connectivity index (χ3n) is 3.07. The van der Waals surface area contributed by atoms with E-state index in [1.807, 2.05) is 0 Å². The van der Waals surface area contributed by atoms with Gasteiger partial charge < -0.3 is 19.7 Å². The summed E-state index contributed by atoms with van der Waals surface area (Å²) in [5.41, 5.74) is 1.25. The van der Waals surface area contributed by atoms with E-state index in [2.05, 4.69) is 4.74 Å². The molecule has 114 valence electrons. The number of esters is 1. The Morgan fingerprint density at radius 3 is 2.50 bits per heavy atom. The number of phenols is 2. The van der Waals surface area contributed by atoms with Gasteiger partial charge in [0, 0.05) is 6.07 Å². The number of phenolic OH excluding ortho intramolecular Hbond substituents is 2. The van der Waals surface area contributed by atoms with Gasteiger partial charge in [-0.3, -0.25) is 0 Å². The molecule has 0 bridgehead atoms. The number of rotatable bonds is 4. The Balaban J connectivity index is 2.48. The monoisotopic (exact) mass is 300 g/mol. The number of carbonyl (C=O) groups excluding carboxylic acids is 1. The molecule has 0 saturated carbocycles. The average molecular weight is 300 g/mol. The SMILES string of the molecule is COC(=O)c1c(O)cc(OC)cc1C=Cc1cccc(O)c1. The van der Waals surface area contributed by atoms with Crippen LogP contribution in [0.15, 0.2) is 36.4 Å². The van der Waals surface area contributed by atoms with Gasteiger partial charge in [0.25, 0.3) is 0 Å². The van der Waals surface area contributed by atoms with E-state index in [0.717, 1.165) is 5.56 Å². The molecule has 2 aromatic carbocycles. The minimum absolute atomic E-state index is 0.0553. The number of carbonyl (C=O) groups is 1. The number of methoxy groups -OCH3 is 2. The maximum atomic E-state index is 11.8. The van der Waals surface area contributed by atoms with E-state index < -0.39 is 5.97 Å². The van der Waals surface area contributed by atoms with Gasteiger partial charge in [0.05, 0.1) is 14.2 Å². The minimum Gasteiger partial charge on any atom is -0.508 e. The highest BCUT2D eigenvalue weighted by Gasteiger charge is 2.17. The van der Waals surface area contributed by atoms with Gasteiger partial charge in [-0.2, -0.15) is 0 Å². The van der Waals surface area contributed by atoms with Crippen molar-refractivity contribution in [2.24, 2.45) is 0 Å². The normalized spacial score (nSPS) is 10.6. The third kappa shape index (κ3) is 3.38. The number of hydrogen-bond acceptors (Lipinski definition) is 5. The molecule has 2 N–H and O–H groups in total. The fourth-order valence-electron chi connectivity index (χ4n) is 2.01. The molecule has 22 heavy (non-hydrogen) atoms. The van der Waals surface area contributed by atoms with Gasteiger partial charge in [-0.05, 0) is 29.3 Å². The predicted octanol–water partition coefficient (Wildman–Crippen LogP) is 3.06. The van der Waals surface area contributed by atoms with Crippen molar-refractivity contribution in [3.63, 3.8) is 0 Å². The van der Waals surface area contributed by atoms with Crippen LogP contribution in [-0.4, -0.2) is 30.4 Å². The zero-order chi connectivity index (χ0) is 16.1. The maximum absolute atomic E-state index is 11.8. The molecule has 2 aromatic rings. The summed E-state index contributed by atoms with van der Waals surface area (Å²) in [7, 11) is 2.71. The molecule has 0 aliphatic heterocycles. The van der Waals surface area contributed by atoms with Gasteiger partial charge in [0.2, 0.25) is 0 Å². The highest BCUT2D eigenvalue weighted by Crippen LogP contribution is 2.30. The van der Waals surface area contributed by atoms with E-state index in [4.69, 9.17) is 4.74 Å². The molecular weight excluding hydrogens is 284 g/mol. The minimum atomic E-state index is -0.643. The number of benzene rings is 2. The molecule has 0 radical (unpaired) electrons. The summed E-state index contributed by atoms with van der Waals surface area (Å²) in [5, 5.41) is 19.4. The lowest BCUT2D eigenvalue weighted by Crippen LogP contribution is -2.04. The summed E-state index contributed by atoms with van der Waals surface area (Å²) in [5.74, 6) is -0.304. The summed E-state index contributed by atoms with van der Waals surface area (Å²) in [6, 6.07) is 9.61. The smallest absolute Gasteiger partial charge is 0.342 e. The Morgan fingerprint density at radius 1 is 1.09 bits per heavy atom. The summed E-state index contributed by atoms with van der Waals surface area (Å²) in [6.07, 6.45) is 3.35. The van der Waals surface area contributed by atoms with Crippen LogP contribution in [0, 0.1) is 0 Å². The summed E-state index contributed by atoms with van der Waals surface area (Å²) in [4.78, 5) is 11.8. The molecule has 0 unspecified atom stereocenters. The zero-order valence-electron chi connectivity index (χ0n) is 12.2. The van der Waals surface area contributed by atoms with Gasteiger partial charge in [0.1, 0.15) is 22.8 Å². The molecule has 0 fully saturated rings. The first kappa shape index (κ1) is 15.4. The van der Waals surface area contributed by atoms with Crippen LogP contribution in [0.25, 0.3) is 12.2 Å². The van der Waals surface area contributed by atoms with E-state index in [-0.39, 0.29) is 17.1 Å². The Kier molecular flexibility index (Phi) is 4.68. The average Bonchev–Trinajstić information content (AvgIpc) is 2.51. The van der Waals surface area contributed by atoms with Crippen LogP contribution in [0.1, 0.15) is 21.5 Å². The number of ether oxygens (including phenoxy) is 2. The molecule has 0 atom stereocenters. The fourth-order valence-corrected chi connectivity index (χ4v) is 2.01. The van der Waals surface area contributed by atoms with Crippen LogP contribution in [0.3, 0.4) is 0 Å². The lowest BCUT2D eigenvalue weighted by atomic mass is 10.0. The van der Waals surface area contributed by atoms with E-state index in [1.54, 1.807) is 42.5 Å². The quantitative estimate of drug-likeness (QED) is 0.670. The van der Waals surface area contributed by atoms with E-state index in [0.29, 0.717) is 11.3 Å². The number of hydrogen-bond donors (Lipinski definition) is 2. The van der Waals surface area contributed by atoms with Crippen LogP contribution in [0.5, 0.6) is 17.2 Å². The molecule has 0 spiro atoms. The molecule has 2 rings (SSSR count). The summed E-state index contributed by atoms with van der Waals surface area (Å²) < 4.78 is 9.78. The lowest BCUT2D eigenvalue weighted by Gasteiger charge is -2.09. The summed E-state index contributed by atoms with van der Waals surface area (Å²) in [6.45, 7) is 0.